The number of rotatable bonds is 2. The van der Waals surface area contributed by atoms with Crippen LogP contribution in [-0.2, 0) is 0 Å². The van der Waals surface area contributed by atoms with Crippen LogP contribution in [0.25, 0.3) is 0 Å². The molecule has 1 fully saturated rings. The second kappa shape index (κ2) is 3.14. The van der Waals surface area contributed by atoms with Gasteiger partial charge in [-0.05, 0) is 30.6 Å². The molecule has 0 aromatic carbocycles. The van der Waals surface area contributed by atoms with E-state index in [1.165, 1.54) is 25.7 Å². The van der Waals surface area contributed by atoms with Crippen molar-refractivity contribution in [2.24, 2.45) is 17.1 Å². The molecule has 0 radical (unpaired) electrons. The fraction of sp³-hybridized carbons (Fsp3) is 1.00. The van der Waals surface area contributed by atoms with E-state index < -0.39 is 0 Å². The highest BCUT2D eigenvalue weighted by Crippen LogP contribution is 2.46. The van der Waals surface area contributed by atoms with Gasteiger partial charge in [0.25, 0.3) is 0 Å². The first kappa shape index (κ1) is 9.05. The third-order valence-electron chi connectivity index (χ3n) is 3.61. The highest BCUT2D eigenvalue weighted by atomic mass is 14.7. The van der Waals surface area contributed by atoms with Crippen LogP contribution in [0.1, 0.15) is 46.5 Å². The van der Waals surface area contributed by atoms with Crippen molar-refractivity contribution in [2.75, 3.05) is 0 Å². The van der Waals surface area contributed by atoms with Gasteiger partial charge in [-0.15, -0.1) is 0 Å². The zero-order valence-corrected chi connectivity index (χ0v) is 8.06. The summed E-state index contributed by atoms with van der Waals surface area (Å²) in [7, 11) is 0. The molecule has 2 atom stereocenters. The minimum atomic E-state index is 0.484. The first-order chi connectivity index (χ1) is 5.10. The van der Waals surface area contributed by atoms with Crippen molar-refractivity contribution in [3.8, 4) is 0 Å². The van der Waals surface area contributed by atoms with Crippen molar-refractivity contribution in [1.29, 1.82) is 0 Å². The molecule has 0 aromatic rings. The van der Waals surface area contributed by atoms with Gasteiger partial charge in [-0.3, -0.25) is 0 Å². The fourth-order valence-electron chi connectivity index (χ4n) is 2.45. The summed E-state index contributed by atoms with van der Waals surface area (Å²) < 4.78 is 0. The number of hydrogen-bond donors (Lipinski definition) is 1. The average molecular weight is 155 g/mol. The maximum Gasteiger partial charge on any atom is 0.00444 e. The Morgan fingerprint density at radius 1 is 1.55 bits per heavy atom. The zero-order chi connectivity index (χ0) is 8.48. The molecule has 0 bridgehead atoms. The second-order valence-corrected chi connectivity index (χ2v) is 4.37. The molecule has 0 aliphatic heterocycles. The lowest BCUT2D eigenvalue weighted by Crippen LogP contribution is -2.26. The molecule has 66 valence electrons. The molecular weight excluding hydrogens is 134 g/mol. The molecule has 0 saturated heterocycles. The normalized spacial score (nSPS) is 38.5. The third kappa shape index (κ3) is 1.58. The van der Waals surface area contributed by atoms with Crippen molar-refractivity contribution in [1.82, 2.24) is 0 Å². The predicted octanol–water partition coefficient (Wildman–Crippen LogP) is 2.55. The molecule has 11 heavy (non-hydrogen) atoms. The van der Waals surface area contributed by atoms with Gasteiger partial charge in [0.1, 0.15) is 0 Å². The molecule has 1 saturated carbocycles. The molecule has 0 heterocycles. The SMILES string of the molecule is CCC1(C(C)C)CCC(N)C1. The molecule has 1 nitrogen and oxygen atoms in total. The molecule has 1 rings (SSSR count). The summed E-state index contributed by atoms with van der Waals surface area (Å²) in [6.07, 6.45) is 5.15. The maximum atomic E-state index is 5.92. The second-order valence-electron chi connectivity index (χ2n) is 4.37. The highest BCUT2D eigenvalue weighted by molar-refractivity contribution is 4.91. The van der Waals surface area contributed by atoms with Gasteiger partial charge in [-0.25, -0.2) is 0 Å². The quantitative estimate of drug-likeness (QED) is 0.651. The molecule has 1 aliphatic rings. The van der Waals surface area contributed by atoms with Gasteiger partial charge >= 0.3 is 0 Å². The predicted molar refractivity (Wildman–Crippen MR) is 49.4 cm³/mol. The summed E-state index contributed by atoms with van der Waals surface area (Å²) in [5, 5.41) is 0. The zero-order valence-electron chi connectivity index (χ0n) is 8.06. The Balaban J connectivity index is 2.62. The highest BCUT2D eigenvalue weighted by Gasteiger charge is 2.38. The van der Waals surface area contributed by atoms with Crippen molar-refractivity contribution < 1.29 is 0 Å². The Bertz CT molecular complexity index is 131. The van der Waals surface area contributed by atoms with E-state index in [-0.39, 0.29) is 0 Å². The lowest BCUT2D eigenvalue weighted by atomic mass is 9.73. The standard InChI is InChI=1S/C10H21N/c1-4-10(8(2)3)6-5-9(11)7-10/h8-9H,4-7,11H2,1-3H3. The van der Waals surface area contributed by atoms with Crippen LogP contribution in [0.5, 0.6) is 0 Å². The number of hydrogen-bond acceptors (Lipinski definition) is 1. The van der Waals surface area contributed by atoms with Crippen molar-refractivity contribution in [2.45, 2.75) is 52.5 Å². The van der Waals surface area contributed by atoms with Crippen LogP contribution in [0, 0.1) is 11.3 Å². The Morgan fingerprint density at radius 2 is 2.18 bits per heavy atom. The van der Waals surface area contributed by atoms with Gasteiger partial charge in [0.05, 0.1) is 0 Å². The summed E-state index contributed by atoms with van der Waals surface area (Å²) in [6.45, 7) is 6.97. The Labute approximate surface area is 70.4 Å². The van der Waals surface area contributed by atoms with Crippen molar-refractivity contribution in [3.05, 3.63) is 0 Å². The molecule has 2 N–H and O–H groups in total. The van der Waals surface area contributed by atoms with E-state index in [9.17, 15) is 0 Å². The molecule has 0 spiro atoms. The van der Waals surface area contributed by atoms with Crippen molar-refractivity contribution in [3.63, 3.8) is 0 Å². The largest absolute Gasteiger partial charge is 0.328 e. The van der Waals surface area contributed by atoms with Crippen LogP contribution in [-0.4, -0.2) is 6.04 Å². The summed E-state index contributed by atoms with van der Waals surface area (Å²) in [4.78, 5) is 0. The van der Waals surface area contributed by atoms with Crippen LogP contribution in [0.4, 0.5) is 0 Å². The first-order valence-electron chi connectivity index (χ1n) is 4.86. The summed E-state index contributed by atoms with van der Waals surface area (Å²) in [6, 6.07) is 0.484. The van der Waals surface area contributed by atoms with E-state index in [1.54, 1.807) is 0 Å². The van der Waals surface area contributed by atoms with Crippen LogP contribution >= 0.6 is 0 Å². The molecular formula is C10H21N. The molecule has 0 aromatic heterocycles. The summed E-state index contributed by atoms with van der Waals surface area (Å²) in [5.74, 6) is 0.807. The number of nitrogens with two attached hydrogens (primary N) is 1. The van der Waals surface area contributed by atoms with Crippen LogP contribution < -0.4 is 5.73 Å². The van der Waals surface area contributed by atoms with Gasteiger partial charge in [0.2, 0.25) is 0 Å². The lowest BCUT2D eigenvalue weighted by molar-refractivity contribution is 0.185. The van der Waals surface area contributed by atoms with E-state index in [1.807, 2.05) is 0 Å². The van der Waals surface area contributed by atoms with Gasteiger partial charge in [-0.1, -0.05) is 27.2 Å². The third-order valence-corrected chi connectivity index (χ3v) is 3.61. The molecule has 1 aliphatic carbocycles. The average Bonchev–Trinajstić information content (AvgIpc) is 2.33. The van der Waals surface area contributed by atoms with Gasteiger partial charge in [-0.2, -0.15) is 0 Å². The van der Waals surface area contributed by atoms with E-state index in [2.05, 4.69) is 20.8 Å². The smallest absolute Gasteiger partial charge is 0.00444 e. The Kier molecular flexibility index (Phi) is 2.58. The summed E-state index contributed by atoms with van der Waals surface area (Å²) >= 11 is 0. The van der Waals surface area contributed by atoms with Gasteiger partial charge in [0, 0.05) is 6.04 Å². The minimum Gasteiger partial charge on any atom is -0.328 e. The molecule has 0 amide bonds. The Morgan fingerprint density at radius 3 is 2.36 bits per heavy atom. The van der Waals surface area contributed by atoms with Crippen molar-refractivity contribution >= 4 is 0 Å². The van der Waals surface area contributed by atoms with E-state index in [0.717, 1.165) is 5.92 Å². The molecule has 2 unspecified atom stereocenters. The molecule has 1 heteroatoms. The topological polar surface area (TPSA) is 26.0 Å². The van der Waals surface area contributed by atoms with E-state index in [0.29, 0.717) is 11.5 Å². The van der Waals surface area contributed by atoms with Crippen LogP contribution in [0.2, 0.25) is 0 Å². The van der Waals surface area contributed by atoms with Gasteiger partial charge < -0.3 is 5.73 Å². The summed E-state index contributed by atoms with van der Waals surface area (Å²) in [5.41, 5.74) is 6.51. The minimum absolute atomic E-state index is 0.484. The van der Waals surface area contributed by atoms with Gasteiger partial charge in [0.15, 0.2) is 0 Å². The Hall–Kier alpha value is -0.0400. The van der Waals surface area contributed by atoms with E-state index >= 15 is 0 Å². The maximum absolute atomic E-state index is 5.92. The lowest BCUT2D eigenvalue weighted by Gasteiger charge is -2.32. The van der Waals surface area contributed by atoms with Crippen LogP contribution in [0.15, 0.2) is 0 Å². The monoisotopic (exact) mass is 155 g/mol. The fourth-order valence-corrected chi connectivity index (χ4v) is 2.45. The first-order valence-corrected chi connectivity index (χ1v) is 4.86. The van der Waals surface area contributed by atoms with Crippen LogP contribution in [0.3, 0.4) is 0 Å². The van der Waals surface area contributed by atoms with E-state index in [4.69, 9.17) is 5.73 Å².